The Balaban J connectivity index is 2.08. The zero-order chi connectivity index (χ0) is 17.0. The second kappa shape index (κ2) is 6.73. The fourth-order valence-electron chi connectivity index (χ4n) is 1.98. The van der Waals surface area contributed by atoms with Gasteiger partial charge in [-0.15, -0.1) is 0 Å². The third-order valence-electron chi connectivity index (χ3n) is 2.96. The minimum Gasteiger partial charge on any atom is -0.467 e. The monoisotopic (exact) mass is 320 g/mol. The first kappa shape index (κ1) is 16.9. The van der Waals surface area contributed by atoms with Crippen molar-refractivity contribution in [3.8, 4) is 0 Å². The Morgan fingerprint density at radius 3 is 2.65 bits per heavy atom. The number of nitrogens with one attached hydrogen (secondary N) is 2. The molecule has 0 bridgehead atoms. The molecule has 1 atom stereocenters. The van der Waals surface area contributed by atoms with Crippen LogP contribution in [0, 0.1) is 5.82 Å². The summed E-state index contributed by atoms with van der Waals surface area (Å²) < 4.78 is 24.3. The first-order valence-electron chi connectivity index (χ1n) is 7.34. The molecule has 1 aromatic heterocycles. The number of benzene rings is 1. The maximum atomic E-state index is 13.9. The number of hydrogen-bond acceptors (Lipinski definition) is 4. The zero-order valence-corrected chi connectivity index (χ0v) is 13.6. The smallest absolute Gasteiger partial charge is 0.412 e. The molecular weight excluding hydrogens is 299 g/mol. The lowest BCUT2D eigenvalue weighted by molar-refractivity contribution is 0.0635. The van der Waals surface area contributed by atoms with Crippen molar-refractivity contribution in [1.29, 1.82) is 0 Å². The van der Waals surface area contributed by atoms with Gasteiger partial charge in [0.1, 0.15) is 17.2 Å². The maximum absolute atomic E-state index is 13.9. The largest absolute Gasteiger partial charge is 0.467 e. The van der Waals surface area contributed by atoms with Crippen LogP contribution >= 0.6 is 0 Å². The number of amides is 1. The Kier molecular flexibility index (Phi) is 4.93. The van der Waals surface area contributed by atoms with E-state index in [0.717, 1.165) is 5.76 Å². The molecule has 124 valence electrons. The molecule has 0 fully saturated rings. The van der Waals surface area contributed by atoms with E-state index in [9.17, 15) is 9.18 Å². The molecule has 0 radical (unpaired) electrons. The molecule has 0 spiro atoms. The highest BCUT2D eigenvalue weighted by Crippen LogP contribution is 2.24. The molecule has 0 saturated carbocycles. The number of halogens is 1. The SMILES string of the molecule is CC(Nc1ccc(F)c(NC(=O)OC(C)(C)C)c1)c1ccco1. The number of ether oxygens (including phenoxy) is 1. The summed E-state index contributed by atoms with van der Waals surface area (Å²) in [6.07, 6.45) is 0.890. The van der Waals surface area contributed by atoms with Gasteiger partial charge >= 0.3 is 6.09 Å². The normalized spacial score (nSPS) is 12.6. The van der Waals surface area contributed by atoms with E-state index in [1.165, 1.54) is 12.1 Å². The van der Waals surface area contributed by atoms with Gasteiger partial charge in [0.25, 0.3) is 0 Å². The van der Waals surface area contributed by atoms with Crippen LogP contribution in [0.3, 0.4) is 0 Å². The Hall–Kier alpha value is -2.50. The van der Waals surface area contributed by atoms with Crippen molar-refractivity contribution in [2.75, 3.05) is 10.6 Å². The Morgan fingerprint density at radius 2 is 2.04 bits per heavy atom. The summed E-state index contributed by atoms with van der Waals surface area (Å²) in [5.74, 6) is 0.225. The van der Waals surface area contributed by atoms with Crippen molar-refractivity contribution < 1.29 is 18.3 Å². The Morgan fingerprint density at radius 1 is 1.30 bits per heavy atom. The molecule has 23 heavy (non-hydrogen) atoms. The first-order chi connectivity index (χ1) is 10.7. The van der Waals surface area contributed by atoms with E-state index in [1.54, 1.807) is 39.2 Å². The topological polar surface area (TPSA) is 63.5 Å². The molecule has 2 N–H and O–H groups in total. The van der Waals surface area contributed by atoms with Crippen molar-refractivity contribution >= 4 is 17.5 Å². The molecule has 1 aromatic carbocycles. The molecule has 2 aromatic rings. The van der Waals surface area contributed by atoms with E-state index < -0.39 is 17.5 Å². The molecule has 0 aliphatic heterocycles. The second-order valence-electron chi connectivity index (χ2n) is 6.20. The highest BCUT2D eigenvalue weighted by Gasteiger charge is 2.18. The minimum absolute atomic E-state index is 0.0518. The van der Waals surface area contributed by atoms with Gasteiger partial charge in [-0.25, -0.2) is 9.18 Å². The number of carbonyl (C=O) groups excluding carboxylic acids is 1. The number of hydrogen-bond donors (Lipinski definition) is 2. The van der Waals surface area contributed by atoms with Crippen molar-refractivity contribution in [2.24, 2.45) is 0 Å². The van der Waals surface area contributed by atoms with E-state index in [2.05, 4.69) is 10.6 Å². The number of furan rings is 1. The van der Waals surface area contributed by atoms with Crippen LogP contribution in [0.25, 0.3) is 0 Å². The lowest BCUT2D eigenvalue weighted by Crippen LogP contribution is -2.27. The van der Waals surface area contributed by atoms with E-state index >= 15 is 0 Å². The number of anilines is 2. The van der Waals surface area contributed by atoms with Gasteiger partial charge in [0.15, 0.2) is 0 Å². The van der Waals surface area contributed by atoms with Crippen LogP contribution in [0.15, 0.2) is 41.0 Å². The summed E-state index contributed by atoms with van der Waals surface area (Å²) in [6.45, 7) is 7.15. The second-order valence-corrected chi connectivity index (χ2v) is 6.20. The molecule has 0 aliphatic rings. The molecule has 5 nitrogen and oxygen atoms in total. The average Bonchev–Trinajstić information content (AvgIpc) is 2.94. The summed E-state index contributed by atoms with van der Waals surface area (Å²) in [6, 6.07) is 7.94. The number of carbonyl (C=O) groups is 1. The third-order valence-corrected chi connectivity index (χ3v) is 2.96. The fourth-order valence-corrected chi connectivity index (χ4v) is 1.98. The predicted octanol–water partition coefficient (Wildman–Crippen LogP) is 4.94. The predicted molar refractivity (Wildman–Crippen MR) is 87.0 cm³/mol. The summed E-state index contributed by atoms with van der Waals surface area (Å²) in [5, 5.41) is 5.60. The molecule has 6 heteroatoms. The van der Waals surface area contributed by atoms with Crippen molar-refractivity contribution in [1.82, 2.24) is 0 Å². The van der Waals surface area contributed by atoms with Crippen LogP contribution in [0.5, 0.6) is 0 Å². The summed E-state index contributed by atoms with van der Waals surface area (Å²) >= 11 is 0. The van der Waals surface area contributed by atoms with Gasteiger partial charge in [0.05, 0.1) is 18.0 Å². The third kappa shape index (κ3) is 5.02. The van der Waals surface area contributed by atoms with Crippen molar-refractivity contribution in [3.05, 3.63) is 48.2 Å². The summed E-state index contributed by atoms with van der Waals surface area (Å²) in [7, 11) is 0. The summed E-state index contributed by atoms with van der Waals surface area (Å²) in [5.41, 5.74) is 0.0572. The molecule has 1 unspecified atom stereocenters. The molecule has 0 saturated heterocycles. The number of rotatable bonds is 4. The maximum Gasteiger partial charge on any atom is 0.412 e. The van der Waals surface area contributed by atoms with Gasteiger partial charge < -0.3 is 14.5 Å². The van der Waals surface area contributed by atoms with Crippen LogP contribution in [0.2, 0.25) is 0 Å². The highest BCUT2D eigenvalue weighted by atomic mass is 19.1. The Bertz CT molecular complexity index is 663. The van der Waals surface area contributed by atoms with Crippen LogP contribution < -0.4 is 10.6 Å². The summed E-state index contributed by atoms with van der Waals surface area (Å²) in [4.78, 5) is 11.8. The van der Waals surface area contributed by atoms with Gasteiger partial charge in [-0.1, -0.05) is 0 Å². The van der Waals surface area contributed by atoms with Gasteiger partial charge in [-0.2, -0.15) is 0 Å². The zero-order valence-electron chi connectivity index (χ0n) is 13.6. The fraction of sp³-hybridized carbons (Fsp3) is 0.353. The van der Waals surface area contributed by atoms with Gasteiger partial charge in [0.2, 0.25) is 0 Å². The molecular formula is C17H21FN2O3. The van der Waals surface area contributed by atoms with Crippen LogP contribution in [0.4, 0.5) is 20.6 Å². The minimum atomic E-state index is -0.701. The van der Waals surface area contributed by atoms with Gasteiger partial charge in [-0.3, -0.25) is 5.32 Å². The lowest BCUT2D eigenvalue weighted by Gasteiger charge is -2.20. The quantitative estimate of drug-likeness (QED) is 0.837. The standard InChI is InChI=1S/C17H21FN2O3/c1-11(15-6-5-9-22-15)19-12-7-8-13(18)14(10-12)20-16(21)23-17(2,3)4/h5-11,19H,1-4H3,(H,20,21). The van der Waals surface area contributed by atoms with E-state index in [0.29, 0.717) is 5.69 Å². The molecule has 2 rings (SSSR count). The Labute approximate surface area is 134 Å². The van der Waals surface area contributed by atoms with E-state index in [4.69, 9.17) is 9.15 Å². The van der Waals surface area contributed by atoms with Crippen LogP contribution in [0.1, 0.15) is 39.5 Å². The first-order valence-corrected chi connectivity index (χ1v) is 7.34. The molecule has 0 aliphatic carbocycles. The van der Waals surface area contributed by atoms with Crippen LogP contribution in [-0.4, -0.2) is 11.7 Å². The lowest BCUT2D eigenvalue weighted by atomic mass is 10.2. The van der Waals surface area contributed by atoms with Crippen molar-refractivity contribution in [2.45, 2.75) is 39.3 Å². The van der Waals surface area contributed by atoms with Crippen molar-refractivity contribution in [3.63, 3.8) is 0 Å². The van der Waals surface area contributed by atoms with Gasteiger partial charge in [0, 0.05) is 5.69 Å². The average molecular weight is 320 g/mol. The van der Waals surface area contributed by atoms with E-state index in [1.807, 2.05) is 13.0 Å². The molecule has 1 amide bonds. The van der Waals surface area contributed by atoms with Crippen LogP contribution in [-0.2, 0) is 4.74 Å². The molecule has 1 heterocycles. The van der Waals surface area contributed by atoms with Gasteiger partial charge in [-0.05, 0) is 58.0 Å². The van der Waals surface area contributed by atoms with E-state index in [-0.39, 0.29) is 11.7 Å². The highest BCUT2D eigenvalue weighted by molar-refractivity contribution is 5.85.